The quantitative estimate of drug-likeness (QED) is 0.757. The lowest BCUT2D eigenvalue weighted by atomic mass is 10.1. The normalized spacial score (nSPS) is 12.2. The SMILES string of the molecule is O=C(O)CC[C@H](NC(=O)c1cc2sccc2s1)C(=O)O. The molecule has 0 radical (unpaired) electrons. The number of carboxylic acid groups (broad SMARTS) is 2. The summed E-state index contributed by atoms with van der Waals surface area (Å²) in [7, 11) is 0. The summed E-state index contributed by atoms with van der Waals surface area (Å²) in [4.78, 5) is 33.9. The Balaban J connectivity index is 2.05. The molecule has 0 aliphatic rings. The van der Waals surface area contributed by atoms with Gasteiger partial charge in [0.2, 0.25) is 0 Å². The third-order valence-corrected chi connectivity index (χ3v) is 4.71. The maximum atomic E-state index is 12.0. The molecule has 1 amide bonds. The lowest BCUT2D eigenvalue weighted by Crippen LogP contribution is -2.40. The van der Waals surface area contributed by atoms with Crippen molar-refractivity contribution in [1.29, 1.82) is 0 Å². The van der Waals surface area contributed by atoms with Crippen molar-refractivity contribution >= 4 is 49.9 Å². The van der Waals surface area contributed by atoms with Crippen molar-refractivity contribution in [2.24, 2.45) is 0 Å². The molecule has 0 saturated heterocycles. The van der Waals surface area contributed by atoms with Gasteiger partial charge in [-0.3, -0.25) is 9.59 Å². The summed E-state index contributed by atoms with van der Waals surface area (Å²) in [6, 6.07) is 2.40. The highest BCUT2D eigenvalue weighted by Gasteiger charge is 2.22. The number of carboxylic acids is 2. The van der Waals surface area contributed by atoms with E-state index < -0.39 is 23.9 Å². The van der Waals surface area contributed by atoms with E-state index in [0.29, 0.717) is 4.88 Å². The van der Waals surface area contributed by atoms with Gasteiger partial charge in [0.15, 0.2) is 0 Å². The first-order valence-electron chi connectivity index (χ1n) is 5.70. The summed E-state index contributed by atoms with van der Waals surface area (Å²) in [6.07, 6.45) is -0.451. The summed E-state index contributed by atoms with van der Waals surface area (Å²) < 4.78 is 1.94. The topological polar surface area (TPSA) is 104 Å². The standard InChI is InChI=1S/C12H11NO5S2/c14-10(15)2-1-6(12(17)18)13-11(16)9-5-8-7(20-9)3-4-19-8/h3-6H,1-2H2,(H,13,16)(H,14,15)(H,17,18)/t6-/m0/s1. The van der Waals surface area contributed by atoms with Crippen molar-refractivity contribution < 1.29 is 24.6 Å². The van der Waals surface area contributed by atoms with Crippen molar-refractivity contribution in [3.8, 4) is 0 Å². The van der Waals surface area contributed by atoms with E-state index in [0.717, 1.165) is 9.40 Å². The van der Waals surface area contributed by atoms with Crippen LogP contribution in [-0.4, -0.2) is 34.1 Å². The Morgan fingerprint density at radius 2 is 2.00 bits per heavy atom. The van der Waals surface area contributed by atoms with Crippen molar-refractivity contribution in [1.82, 2.24) is 5.32 Å². The van der Waals surface area contributed by atoms with Crippen LogP contribution < -0.4 is 5.32 Å². The first kappa shape index (κ1) is 14.5. The molecule has 2 rings (SSSR count). The molecular weight excluding hydrogens is 302 g/mol. The van der Waals surface area contributed by atoms with E-state index in [9.17, 15) is 14.4 Å². The predicted molar refractivity (Wildman–Crippen MR) is 75.5 cm³/mol. The molecule has 0 unspecified atom stereocenters. The molecule has 8 heteroatoms. The number of rotatable bonds is 6. The fourth-order valence-electron chi connectivity index (χ4n) is 1.63. The number of carbonyl (C=O) groups is 3. The molecule has 2 aromatic heterocycles. The summed E-state index contributed by atoms with van der Waals surface area (Å²) in [5, 5.41) is 21.8. The Morgan fingerprint density at radius 1 is 1.25 bits per heavy atom. The number of fused-ring (bicyclic) bond motifs is 1. The van der Waals surface area contributed by atoms with Crippen LogP contribution in [0.25, 0.3) is 9.40 Å². The third-order valence-electron chi connectivity index (χ3n) is 2.61. The van der Waals surface area contributed by atoms with Crippen LogP contribution in [0.2, 0.25) is 0 Å². The van der Waals surface area contributed by atoms with Gasteiger partial charge in [0, 0.05) is 15.8 Å². The molecule has 0 fully saturated rings. The largest absolute Gasteiger partial charge is 0.481 e. The minimum Gasteiger partial charge on any atom is -0.481 e. The lowest BCUT2D eigenvalue weighted by molar-refractivity contribution is -0.140. The fourth-order valence-corrected chi connectivity index (χ4v) is 3.64. The number of aliphatic carboxylic acids is 2. The maximum Gasteiger partial charge on any atom is 0.326 e. The number of hydrogen-bond acceptors (Lipinski definition) is 5. The summed E-state index contributed by atoms with van der Waals surface area (Å²) >= 11 is 2.78. The van der Waals surface area contributed by atoms with Crippen LogP contribution in [0, 0.1) is 0 Å². The van der Waals surface area contributed by atoms with Gasteiger partial charge >= 0.3 is 11.9 Å². The lowest BCUT2D eigenvalue weighted by Gasteiger charge is -2.12. The second kappa shape index (κ2) is 6.02. The minimum atomic E-state index is -1.24. The van der Waals surface area contributed by atoms with E-state index in [1.807, 2.05) is 11.4 Å². The van der Waals surface area contributed by atoms with Crippen LogP contribution in [0.15, 0.2) is 17.5 Å². The van der Waals surface area contributed by atoms with Gasteiger partial charge in [0.05, 0.1) is 4.88 Å². The number of thiophene rings is 2. The number of hydrogen-bond donors (Lipinski definition) is 3. The molecule has 0 bridgehead atoms. The van der Waals surface area contributed by atoms with E-state index in [1.54, 1.807) is 6.07 Å². The van der Waals surface area contributed by atoms with Crippen molar-refractivity contribution in [2.45, 2.75) is 18.9 Å². The molecule has 106 valence electrons. The molecule has 2 aromatic rings. The molecule has 3 N–H and O–H groups in total. The number of nitrogens with one attached hydrogen (secondary N) is 1. The second-order valence-corrected chi connectivity index (χ2v) is 6.09. The summed E-state index contributed by atoms with van der Waals surface area (Å²) in [5.41, 5.74) is 0. The molecule has 0 spiro atoms. The minimum absolute atomic E-state index is 0.143. The predicted octanol–water partition coefficient (Wildman–Crippen LogP) is 2.01. The Labute approximate surface area is 121 Å². The van der Waals surface area contributed by atoms with Crippen LogP contribution in [0.5, 0.6) is 0 Å². The maximum absolute atomic E-state index is 12.0. The highest BCUT2D eigenvalue weighted by Crippen LogP contribution is 2.29. The highest BCUT2D eigenvalue weighted by molar-refractivity contribution is 7.27. The van der Waals surface area contributed by atoms with Crippen LogP contribution in [-0.2, 0) is 9.59 Å². The number of amides is 1. The smallest absolute Gasteiger partial charge is 0.326 e. The second-order valence-electron chi connectivity index (χ2n) is 4.06. The van der Waals surface area contributed by atoms with Gasteiger partial charge in [-0.1, -0.05) is 0 Å². The van der Waals surface area contributed by atoms with Gasteiger partial charge in [0.1, 0.15) is 6.04 Å². The van der Waals surface area contributed by atoms with Gasteiger partial charge < -0.3 is 15.5 Å². The van der Waals surface area contributed by atoms with Crippen LogP contribution in [0.3, 0.4) is 0 Å². The van der Waals surface area contributed by atoms with Crippen LogP contribution in [0.4, 0.5) is 0 Å². The molecule has 20 heavy (non-hydrogen) atoms. The Kier molecular flexibility index (Phi) is 4.35. The van der Waals surface area contributed by atoms with E-state index >= 15 is 0 Å². The summed E-state index contributed by atoms with van der Waals surface area (Å²) in [6.45, 7) is 0. The van der Waals surface area contributed by atoms with Gasteiger partial charge in [-0.05, 0) is 23.9 Å². The monoisotopic (exact) mass is 313 g/mol. The number of carbonyl (C=O) groups excluding carboxylic acids is 1. The summed E-state index contributed by atoms with van der Waals surface area (Å²) in [5.74, 6) is -2.82. The van der Waals surface area contributed by atoms with E-state index in [2.05, 4.69) is 5.32 Å². The van der Waals surface area contributed by atoms with E-state index in [1.165, 1.54) is 22.7 Å². The average molecular weight is 313 g/mol. The van der Waals surface area contributed by atoms with Crippen molar-refractivity contribution in [2.75, 3.05) is 0 Å². The molecule has 0 aliphatic heterocycles. The molecule has 1 atom stereocenters. The van der Waals surface area contributed by atoms with Crippen LogP contribution in [0.1, 0.15) is 22.5 Å². The third kappa shape index (κ3) is 3.34. The fraction of sp³-hybridized carbons (Fsp3) is 0.250. The molecule has 6 nitrogen and oxygen atoms in total. The molecule has 0 aromatic carbocycles. The first-order chi connectivity index (χ1) is 9.47. The Bertz CT molecular complexity index is 631. The zero-order chi connectivity index (χ0) is 14.7. The highest BCUT2D eigenvalue weighted by atomic mass is 32.1. The van der Waals surface area contributed by atoms with E-state index in [-0.39, 0.29) is 12.8 Å². The van der Waals surface area contributed by atoms with E-state index in [4.69, 9.17) is 10.2 Å². The Morgan fingerprint density at radius 3 is 2.60 bits per heavy atom. The van der Waals surface area contributed by atoms with Gasteiger partial charge in [-0.15, -0.1) is 22.7 Å². The molecular formula is C12H11NO5S2. The zero-order valence-corrected chi connectivity index (χ0v) is 11.8. The first-order valence-corrected chi connectivity index (χ1v) is 7.39. The van der Waals surface area contributed by atoms with Crippen molar-refractivity contribution in [3.05, 3.63) is 22.4 Å². The van der Waals surface area contributed by atoms with Gasteiger partial charge in [0.25, 0.3) is 5.91 Å². The Hall–Kier alpha value is -1.93. The van der Waals surface area contributed by atoms with Crippen LogP contribution >= 0.6 is 22.7 Å². The molecule has 2 heterocycles. The molecule has 0 saturated carbocycles. The van der Waals surface area contributed by atoms with Gasteiger partial charge in [-0.2, -0.15) is 0 Å². The molecule has 0 aliphatic carbocycles. The van der Waals surface area contributed by atoms with Gasteiger partial charge in [-0.25, -0.2) is 4.79 Å². The zero-order valence-electron chi connectivity index (χ0n) is 10.2. The average Bonchev–Trinajstić information content (AvgIpc) is 2.93. The van der Waals surface area contributed by atoms with Crippen molar-refractivity contribution in [3.63, 3.8) is 0 Å².